The van der Waals surface area contributed by atoms with E-state index in [1.807, 2.05) is 6.08 Å². The molecule has 1 fully saturated rings. The Morgan fingerprint density at radius 2 is 2.17 bits per heavy atom. The Kier molecular flexibility index (Phi) is 7.33. The molecule has 23 heavy (non-hydrogen) atoms. The van der Waals surface area contributed by atoms with Gasteiger partial charge in [0.2, 0.25) is 6.29 Å². The van der Waals surface area contributed by atoms with Crippen LogP contribution in [-0.2, 0) is 19.0 Å². The van der Waals surface area contributed by atoms with Crippen molar-refractivity contribution < 1.29 is 24.1 Å². The van der Waals surface area contributed by atoms with Crippen LogP contribution < -0.4 is 5.32 Å². The minimum Gasteiger partial charge on any atom is -0.459 e. The molecule has 0 bridgehead atoms. The van der Waals surface area contributed by atoms with Crippen LogP contribution in [0.1, 0.15) is 33.1 Å². The van der Waals surface area contributed by atoms with Gasteiger partial charge >= 0.3 is 0 Å². The first-order valence-electron chi connectivity index (χ1n) is 8.57. The Hall–Kier alpha value is -1.11. The Bertz CT molecular complexity index is 406. The van der Waals surface area contributed by atoms with E-state index in [2.05, 4.69) is 19.2 Å². The molecular weight excluding hydrogens is 298 g/mol. The predicted molar refractivity (Wildman–Crippen MR) is 85.5 cm³/mol. The van der Waals surface area contributed by atoms with Gasteiger partial charge in [0.1, 0.15) is 0 Å². The summed E-state index contributed by atoms with van der Waals surface area (Å²) in [4.78, 5) is 12.2. The molecule has 6 heteroatoms. The van der Waals surface area contributed by atoms with Gasteiger partial charge in [-0.25, -0.2) is 0 Å². The number of ether oxygens (including phenoxy) is 3. The van der Waals surface area contributed by atoms with E-state index in [-0.39, 0.29) is 18.4 Å². The average molecular weight is 327 g/mol. The second kappa shape index (κ2) is 9.25. The fraction of sp³-hybridized carbons (Fsp3) is 0.824. The zero-order valence-corrected chi connectivity index (χ0v) is 14.1. The van der Waals surface area contributed by atoms with Crippen LogP contribution in [0.5, 0.6) is 0 Å². The lowest BCUT2D eigenvalue weighted by atomic mass is 9.90. The molecule has 0 spiro atoms. The summed E-state index contributed by atoms with van der Waals surface area (Å²) in [5.41, 5.74) is 0. The quantitative estimate of drug-likeness (QED) is 0.594. The van der Waals surface area contributed by atoms with Crippen LogP contribution in [0.2, 0.25) is 0 Å². The number of rotatable bonds is 10. The molecule has 132 valence electrons. The van der Waals surface area contributed by atoms with Crippen molar-refractivity contribution in [2.24, 2.45) is 17.8 Å². The maximum absolute atomic E-state index is 12.2. The highest BCUT2D eigenvalue weighted by Crippen LogP contribution is 2.30. The number of carbonyl (C=O) groups is 1. The molecule has 0 saturated heterocycles. The molecule has 1 heterocycles. The zero-order chi connectivity index (χ0) is 16.7. The molecular formula is C17H29NO5. The number of carbonyl (C=O) groups excluding carboxylic acids is 1. The number of amides is 1. The summed E-state index contributed by atoms with van der Waals surface area (Å²) >= 11 is 0. The highest BCUT2D eigenvalue weighted by atomic mass is 16.7. The molecule has 0 aromatic heterocycles. The van der Waals surface area contributed by atoms with E-state index in [0.29, 0.717) is 37.4 Å². The molecule has 1 aliphatic heterocycles. The molecule has 6 nitrogen and oxygen atoms in total. The maximum atomic E-state index is 12.2. The molecule has 2 aliphatic rings. The highest BCUT2D eigenvalue weighted by molar-refractivity contribution is 5.91. The number of hydrogen-bond acceptors (Lipinski definition) is 5. The molecule has 1 amide bonds. The largest absolute Gasteiger partial charge is 0.459 e. The van der Waals surface area contributed by atoms with Crippen LogP contribution in [0, 0.1) is 17.8 Å². The van der Waals surface area contributed by atoms with Crippen molar-refractivity contribution in [3.63, 3.8) is 0 Å². The van der Waals surface area contributed by atoms with Gasteiger partial charge in [-0.15, -0.1) is 0 Å². The van der Waals surface area contributed by atoms with Crippen molar-refractivity contribution >= 4 is 5.91 Å². The Morgan fingerprint density at radius 1 is 1.39 bits per heavy atom. The third-order valence-corrected chi connectivity index (χ3v) is 4.18. The summed E-state index contributed by atoms with van der Waals surface area (Å²) in [5, 5.41) is 11.6. The second-order valence-electron chi connectivity index (χ2n) is 6.58. The Labute approximate surface area is 138 Å². The lowest BCUT2D eigenvalue weighted by Crippen LogP contribution is -2.35. The van der Waals surface area contributed by atoms with Gasteiger partial charge in [0.15, 0.2) is 5.76 Å². The maximum Gasteiger partial charge on any atom is 0.286 e. The fourth-order valence-electron chi connectivity index (χ4n) is 2.46. The summed E-state index contributed by atoms with van der Waals surface area (Å²) in [6.45, 7) is 6.08. The van der Waals surface area contributed by atoms with Crippen LogP contribution in [-0.4, -0.2) is 50.3 Å². The fourth-order valence-corrected chi connectivity index (χ4v) is 2.46. The third kappa shape index (κ3) is 6.49. The first-order chi connectivity index (χ1) is 11.1. The molecule has 0 aromatic rings. The van der Waals surface area contributed by atoms with E-state index in [0.717, 1.165) is 13.0 Å². The average Bonchev–Trinajstić information content (AvgIpc) is 3.36. The molecule has 1 saturated carbocycles. The number of allylic oxidation sites excluding steroid dienone is 1. The van der Waals surface area contributed by atoms with Gasteiger partial charge in [-0.2, -0.15) is 0 Å². The molecule has 1 aliphatic carbocycles. The van der Waals surface area contributed by atoms with Crippen molar-refractivity contribution in [3.8, 4) is 0 Å². The van der Waals surface area contributed by atoms with E-state index in [1.165, 1.54) is 12.8 Å². The smallest absolute Gasteiger partial charge is 0.286 e. The minimum absolute atomic E-state index is 0.00338. The summed E-state index contributed by atoms with van der Waals surface area (Å²) in [6, 6.07) is 0. The van der Waals surface area contributed by atoms with E-state index in [9.17, 15) is 4.79 Å². The van der Waals surface area contributed by atoms with Crippen LogP contribution in [0.4, 0.5) is 0 Å². The van der Waals surface area contributed by atoms with Gasteiger partial charge in [-0.3, -0.25) is 4.79 Å². The molecule has 2 rings (SSSR count). The third-order valence-electron chi connectivity index (χ3n) is 4.18. The normalized spacial score (nSPS) is 24.3. The molecule has 2 atom stereocenters. The highest BCUT2D eigenvalue weighted by Gasteiger charge is 2.30. The number of hydrogen-bond donors (Lipinski definition) is 2. The van der Waals surface area contributed by atoms with Crippen molar-refractivity contribution in [2.75, 3.05) is 33.0 Å². The summed E-state index contributed by atoms with van der Waals surface area (Å²) < 4.78 is 16.6. The van der Waals surface area contributed by atoms with Crippen LogP contribution in [0.25, 0.3) is 0 Å². The summed E-state index contributed by atoms with van der Waals surface area (Å²) in [5.74, 6) is 1.54. The van der Waals surface area contributed by atoms with E-state index < -0.39 is 6.29 Å². The molecule has 0 aromatic carbocycles. The van der Waals surface area contributed by atoms with Crippen molar-refractivity contribution in [3.05, 3.63) is 11.8 Å². The second-order valence-corrected chi connectivity index (χ2v) is 6.58. The summed E-state index contributed by atoms with van der Waals surface area (Å²) in [6.07, 6.45) is 4.64. The topological polar surface area (TPSA) is 77.0 Å². The van der Waals surface area contributed by atoms with Crippen LogP contribution in [0.15, 0.2) is 11.8 Å². The minimum atomic E-state index is -0.424. The number of aliphatic hydroxyl groups is 1. The zero-order valence-electron chi connectivity index (χ0n) is 14.1. The van der Waals surface area contributed by atoms with Gasteiger partial charge in [-0.1, -0.05) is 13.8 Å². The molecule has 0 unspecified atom stereocenters. The van der Waals surface area contributed by atoms with Gasteiger partial charge in [0.05, 0.1) is 26.4 Å². The van der Waals surface area contributed by atoms with E-state index >= 15 is 0 Å². The lowest BCUT2D eigenvalue weighted by Gasteiger charge is -2.30. The van der Waals surface area contributed by atoms with Gasteiger partial charge in [-0.05, 0) is 36.7 Å². The first-order valence-corrected chi connectivity index (χ1v) is 8.57. The number of nitrogens with one attached hydrogen (secondary N) is 1. The Balaban J connectivity index is 1.82. The predicted octanol–water partition coefficient (Wildman–Crippen LogP) is 1.44. The monoisotopic (exact) mass is 327 g/mol. The van der Waals surface area contributed by atoms with E-state index in [1.54, 1.807) is 0 Å². The number of aliphatic hydroxyl groups excluding tert-OH is 1. The van der Waals surface area contributed by atoms with Crippen molar-refractivity contribution in [1.82, 2.24) is 5.32 Å². The lowest BCUT2D eigenvalue weighted by molar-refractivity contribution is -0.155. The SMILES string of the molecule is CC(C)[C@H]1C=C(C(=O)NCC2CC2)O[C@@H](OCCOCCO)C1. The van der Waals surface area contributed by atoms with Gasteiger partial charge < -0.3 is 24.6 Å². The molecule has 0 radical (unpaired) electrons. The van der Waals surface area contributed by atoms with Gasteiger partial charge in [0, 0.05) is 13.0 Å². The first kappa shape index (κ1) is 18.2. The van der Waals surface area contributed by atoms with Crippen LogP contribution >= 0.6 is 0 Å². The standard InChI is InChI=1S/C17H29NO5/c1-12(2)14-9-15(17(20)18-11-13-3-4-13)23-16(10-14)22-8-7-21-6-5-19/h9,12-14,16,19H,3-8,10-11H2,1-2H3,(H,18,20)/t14-,16+/m0/s1. The van der Waals surface area contributed by atoms with E-state index in [4.69, 9.17) is 19.3 Å². The van der Waals surface area contributed by atoms with Crippen molar-refractivity contribution in [2.45, 2.75) is 39.4 Å². The van der Waals surface area contributed by atoms with Crippen molar-refractivity contribution in [1.29, 1.82) is 0 Å². The Morgan fingerprint density at radius 3 is 2.83 bits per heavy atom. The summed E-state index contributed by atoms with van der Waals surface area (Å²) in [7, 11) is 0. The van der Waals surface area contributed by atoms with Crippen LogP contribution in [0.3, 0.4) is 0 Å². The van der Waals surface area contributed by atoms with Gasteiger partial charge in [0.25, 0.3) is 5.91 Å². The molecule has 2 N–H and O–H groups in total.